The van der Waals surface area contributed by atoms with Crippen molar-refractivity contribution >= 4 is 23.2 Å². The summed E-state index contributed by atoms with van der Waals surface area (Å²) in [6.45, 7) is 4.59. The van der Waals surface area contributed by atoms with E-state index in [-0.39, 0.29) is 18.0 Å². The highest BCUT2D eigenvalue weighted by atomic mass is 35.5. The second kappa shape index (κ2) is 8.52. The van der Waals surface area contributed by atoms with Crippen LogP contribution in [-0.4, -0.2) is 26.3 Å². The lowest BCUT2D eigenvalue weighted by Crippen LogP contribution is -2.11. The molecule has 3 aromatic rings. The molecule has 4 rings (SSSR count). The van der Waals surface area contributed by atoms with Gasteiger partial charge in [0.2, 0.25) is 0 Å². The molecule has 0 radical (unpaired) electrons. The van der Waals surface area contributed by atoms with Crippen molar-refractivity contribution in [3.63, 3.8) is 0 Å². The number of nitrogens with zero attached hydrogens (tertiary/aromatic N) is 3. The Bertz CT molecular complexity index is 1130. The molecular weight excluding hydrogens is 398 g/mol. The number of rotatable bonds is 7. The highest BCUT2D eigenvalue weighted by Gasteiger charge is 2.19. The number of carbonyl (C=O) groups excluding carboxylic acids is 2. The smallest absolute Gasteiger partial charge is 0.181 e. The molecule has 0 bridgehead atoms. The highest BCUT2D eigenvalue weighted by Crippen LogP contribution is 2.24. The first kappa shape index (κ1) is 20.5. The van der Waals surface area contributed by atoms with Gasteiger partial charge in [-0.25, -0.2) is 9.67 Å². The van der Waals surface area contributed by atoms with E-state index in [1.807, 2.05) is 44.2 Å². The number of Topliss-reactive ketones (excluding diaryl/α,β-unsaturated/α-hetero) is 2. The SMILES string of the molecule is CCn1nc(-c2ccc(Cl)c(C)c2)nc1CC(=O)CCc1ccc2c(c1)CC(=O)C2. The maximum Gasteiger partial charge on any atom is 0.181 e. The number of aromatic nitrogens is 3. The highest BCUT2D eigenvalue weighted by molar-refractivity contribution is 6.31. The minimum Gasteiger partial charge on any atom is -0.299 e. The predicted octanol–water partition coefficient (Wildman–Crippen LogP) is 4.34. The molecule has 0 saturated heterocycles. The first-order valence-corrected chi connectivity index (χ1v) is 10.6. The summed E-state index contributed by atoms with van der Waals surface area (Å²) in [5.74, 6) is 1.70. The van der Waals surface area contributed by atoms with Crippen molar-refractivity contribution in [2.75, 3.05) is 0 Å². The van der Waals surface area contributed by atoms with Gasteiger partial charge < -0.3 is 0 Å². The van der Waals surface area contributed by atoms with E-state index in [9.17, 15) is 9.59 Å². The first-order chi connectivity index (χ1) is 14.4. The van der Waals surface area contributed by atoms with E-state index in [4.69, 9.17) is 11.6 Å². The van der Waals surface area contributed by atoms with Crippen LogP contribution < -0.4 is 0 Å². The number of carbonyl (C=O) groups is 2. The number of fused-ring (bicyclic) bond motifs is 1. The summed E-state index contributed by atoms with van der Waals surface area (Å²) in [5, 5.41) is 5.27. The van der Waals surface area contributed by atoms with E-state index >= 15 is 0 Å². The quantitative estimate of drug-likeness (QED) is 0.569. The molecule has 1 aliphatic carbocycles. The van der Waals surface area contributed by atoms with E-state index in [0.717, 1.165) is 27.8 Å². The Balaban J connectivity index is 1.43. The van der Waals surface area contributed by atoms with Crippen LogP contribution >= 0.6 is 11.6 Å². The van der Waals surface area contributed by atoms with Gasteiger partial charge in [0.15, 0.2) is 5.82 Å². The minimum atomic E-state index is 0.132. The summed E-state index contributed by atoms with van der Waals surface area (Å²) in [6.07, 6.45) is 2.43. The minimum absolute atomic E-state index is 0.132. The molecule has 0 unspecified atom stereocenters. The van der Waals surface area contributed by atoms with Crippen LogP contribution in [0.4, 0.5) is 0 Å². The summed E-state index contributed by atoms with van der Waals surface area (Å²) >= 11 is 6.12. The van der Waals surface area contributed by atoms with Crippen molar-refractivity contribution in [1.82, 2.24) is 14.8 Å². The van der Waals surface area contributed by atoms with Gasteiger partial charge in [-0.05, 0) is 60.7 Å². The van der Waals surface area contributed by atoms with Gasteiger partial charge >= 0.3 is 0 Å². The zero-order valence-corrected chi connectivity index (χ0v) is 18.0. The van der Waals surface area contributed by atoms with Crippen LogP contribution in [0.1, 0.15) is 41.4 Å². The van der Waals surface area contributed by atoms with Crippen LogP contribution in [0, 0.1) is 6.92 Å². The molecule has 2 aromatic carbocycles. The predicted molar refractivity (Wildman–Crippen MR) is 117 cm³/mol. The maximum atomic E-state index is 12.6. The van der Waals surface area contributed by atoms with Crippen molar-refractivity contribution in [3.8, 4) is 11.4 Å². The van der Waals surface area contributed by atoms with E-state index in [2.05, 4.69) is 16.1 Å². The van der Waals surface area contributed by atoms with E-state index < -0.39 is 0 Å². The third kappa shape index (κ3) is 4.36. The van der Waals surface area contributed by atoms with Crippen LogP contribution in [0.3, 0.4) is 0 Å². The van der Waals surface area contributed by atoms with Crippen molar-refractivity contribution in [3.05, 3.63) is 69.5 Å². The summed E-state index contributed by atoms with van der Waals surface area (Å²) in [4.78, 5) is 28.9. The Kier molecular flexibility index (Phi) is 5.82. The molecule has 5 nitrogen and oxygen atoms in total. The molecule has 0 fully saturated rings. The van der Waals surface area contributed by atoms with Crippen LogP contribution in [0.5, 0.6) is 0 Å². The normalized spacial score (nSPS) is 13.0. The fourth-order valence-electron chi connectivity index (χ4n) is 3.87. The van der Waals surface area contributed by atoms with Gasteiger partial charge in [0, 0.05) is 36.4 Å². The van der Waals surface area contributed by atoms with Crippen LogP contribution in [0.15, 0.2) is 36.4 Å². The van der Waals surface area contributed by atoms with Crippen LogP contribution in [0.25, 0.3) is 11.4 Å². The average Bonchev–Trinajstić information content (AvgIpc) is 3.30. The molecule has 154 valence electrons. The average molecular weight is 422 g/mol. The second-order valence-corrected chi connectivity index (χ2v) is 8.25. The van der Waals surface area contributed by atoms with Gasteiger partial charge in [0.25, 0.3) is 0 Å². The van der Waals surface area contributed by atoms with Crippen molar-refractivity contribution < 1.29 is 9.59 Å². The lowest BCUT2D eigenvalue weighted by Gasteiger charge is -2.05. The molecule has 1 aromatic heterocycles. The molecule has 0 saturated carbocycles. The Morgan fingerprint density at radius 1 is 1.13 bits per heavy atom. The number of aryl methyl sites for hydroxylation is 3. The van der Waals surface area contributed by atoms with Gasteiger partial charge in [-0.2, -0.15) is 5.10 Å². The topological polar surface area (TPSA) is 64.8 Å². The summed E-state index contributed by atoms with van der Waals surface area (Å²) in [6, 6.07) is 11.8. The van der Waals surface area contributed by atoms with Gasteiger partial charge in [0.05, 0.1) is 6.42 Å². The van der Waals surface area contributed by atoms with Crippen molar-refractivity contribution in [2.24, 2.45) is 0 Å². The van der Waals surface area contributed by atoms with Gasteiger partial charge in [-0.3, -0.25) is 9.59 Å². The van der Waals surface area contributed by atoms with Crippen molar-refractivity contribution in [2.45, 2.75) is 52.5 Å². The third-order valence-corrected chi connectivity index (χ3v) is 5.98. The molecule has 0 spiro atoms. The van der Waals surface area contributed by atoms with Crippen molar-refractivity contribution in [1.29, 1.82) is 0 Å². The summed E-state index contributed by atoms with van der Waals surface area (Å²) in [5.41, 5.74) is 5.20. The monoisotopic (exact) mass is 421 g/mol. The third-order valence-electron chi connectivity index (χ3n) is 5.56. The number of halogens is 1. The van der Waals surface area contributed by atoms with Gasteiger partial charge in [0.1, 0.15) is 17.4 Å². The Morgan fingerprint density at radius 2 is 1.93 bits per heavy atom. The molecular formula is C24H24ClN3O2. The fourth-order valence-corrected chi connectivity index (χ4v) is 3.99. The van der Waals surface area contributed by atoms with Crippen LogP contribution in [-0.2, 0) is 41.8 Å². The van der Waals surface area contributed by atoms with Crippen LogP contribution in [0.2, 0.25) is 5.02 Å². The van der Waals surface area contributed by atoms with E-state index in [1.165, 1.54) is 0 Å². The number of hydrogen-bond donors (Lipinski definition) is 0. The number of hydrogen-bond acceptors (Lipinski definition) is 4. The number of benzene rings is 2. The largest absolute Gasteiger partial charge is 0.299 e. The lowest BCUT2D eigenvalue weighted by molar-refractivity contribution is -0.118. The first-order valence-electron chi connectivity index (χ1n) is 10.3. The Labute approximate surface area is 181 Å². The standard InChI is InChI=1S/C24H24ClN3O2/c1-3-28-23(26-24(27-28)18-7-9-22(25)15(2)10-18)14-20(29)8-5-16-4-6-17-12-21(30)13-19(17)11-16/h4,6-7,9-11H,3,5,8,12-14H2,1-2H3. The molecule has 0 amide bonds. The Hall–Kier alpha value is -2.79. The molecule has 0 N–H and O–H groups in total. The zero-order valence-electron chi connectivity index (χ0n) is 17.2. The van der Waals surface area contributed by atoms with Gasteiger partial charge in [-0.1, -0.05) is 29.8 Å². The molecule has 0 aliphatic heterocycles. The second-order valence-electron chi connectivity index (χ2n) is 7.84. The summed E-state index contributed by atoms with van der Waals surface area (Å²) in [7, 11) is 0. The Morgan fingerprint density at radius 3 is 2.70 bits per heavy atom. The molecule has 1 heterocycles. The van der Waals surface area contributed by atoms with Gasteiger partial charge in [-0.15, -0.1) is 0 Å². The molecule has 6 heteroatoms. The number of ketones is 2. The zero-order chi connectivity index (χ0) is 21.3. The molecule has 30 heavy (non-hydrogen) atoms. The lowest BCUT2D eigenvalue weighted by atomic mass is 10.0. The molecule has 0 atom stereocenters. The van der Waals surface area contributed by atoms with E-state index in [1.54, 1.807) is 4.68 Å². The summed E-state index contributed by atoms with van der Waals surface area (Å²) < 4.78 is 1.79. The molecule has 1 aliphatic rings. The fraction of sp³-hybridized carbons (Fsp3) is 0.333. The maximum absolute atomic E-state index is 12.6. The van der Waals surface area contributed by atoms with E-state index in [0.29, 0.717) is 48.9 Å².